The summed E-state index contributed by atoms with van der Waals surface area (Å²) in [6.45, 7) is 8.34. The van der Waals surface area contributed by atoms with Crippen molar-refractivity contribution in [2.75, 3.05) is 18.0 Å². The second-order valence-corrected chi connectivity index (χ2v) is 15.8. The molecule has 12 nitrogen and oxygen atoms in total. The molecule has 2 fully saturated rings. The molecular weight excluding hydrogens is 732 g/mol. The van der Waals surface area contributed by atoms with Crippen LogP contribution in [0.3, 0.4) is 0 Å². The molecule has 4 aromatic heterocycles. The maximum absolute atomic E-state index is 13.0. The van der Waals surface area contributed by atoms with Gasteiger partial charge in [0.2, 0.25) is 0 Å². The van der Waals surface area contributed by atoms with Crippen molar-refractivity contribution in [2.45, 2.75) is 78.0 Å². The maximum atomic E-state index is 13.0. The van der Waals surface area contributed by atoms with Gasteiger partial charge in [-0.05, 0) is 107 Å². The van der Waals surface area contributed by atoms with Crippen LogP contribution in [0.4, 0.5) is 5.82 Å². The van der Waals surface area contributed by atoms with Crippen molar-refractivity contribution in [3.8, 4) is 28.7 Å². The Bertz CT molecular complexity index is 2370. The number of nitrogens with one attached hydrogen (secondary N) is 1. The average molecular weight is 771 g/mol. The minimum Gasteiger partial charge on any atom is -0.490 e. The number of halogens is 1. The zero-order valence-corrected chi connectivity index (χ0v) is 32.4. The predicted molar refractivity (Wildman–Crippen MR) is 211 cm³/mol. The Balaban J connectivity index is 0.814. The Morgan fingerprint density at radius 3 is 2.51 bits per heavy atom. The van der Waals surface area contributed by atoms with Crippen LogP contribution in [-0.4, -0.2) is 66.8 Å². The molecule has 278 valence electrons. The molecule has 1 saturated heterocycles. The van der Waals surface area contributed by atoms with Crippen molar-refractivity contribution in [3.63, 3.8) is 0 Å². The first kappa shape index (κ1) is 36.4. The fraction of sp³-hybridized carbons (Fsp3) is 0.366. The van der Waals surface area contributed by atoms with Crippen molar-refractivity contribution in [1.82, 2.24) is 35.3 Å². The lowest BCUT2D eigenvalue weighted by molar-refractivity contribution is 0.0888. The minimum atomic E-state index is -0.220. The third-order valence-electron chi connectivity index (χ3n) is 10.6. The number of piperidine rings is 1. The molecule has 55 heavy (non-hydrogen) atoms. The van der Waals surface area contributed by atoms with Gasteiger partial charge >= 0.3 is 0 Å². The second-order valence-electron chi connectivity index (χ2n) is 14.2. The smallest absolute Gasteiger partial charge is 0.272 e. The minimum absolute atomic E-state index is 0.0299. The van der Waals surface area contributed by atoms with Gasteiger partial charge < -0.3 is 15.0 Å². The first-order valence-corrected chi connectivity index (χ1v) is 19.7. The fourth-order valence-electron chi connectivity index (χ4n) is 7.37. The van der Waals surface area contributed by atoms with Crippen LogP contribution in [-0.2, 0) is 6.54 Å². The number of nitriles is 1. The van der Waals surface area contributed by atoms with Gasteiger partial charge in [-0.2, -0.15) is 5.26 Å². The lowest BCUT2D eigenvalue weighted by Crippen LogP contribution is -2.40. The van der Waals surface area contributed by atoms with E-state index in [1.165, 1.54) is 10.4 Å². The molecule has 0 spiro atoms. The number of carbonyl (C=O) groups is 1. The van der Waals surface area contributed by atoms with Crippen LogP contribution in [0.5, 0.6) is 5.75 Å². The average Bonchev–Trinajstić information content (AvgIpc) is 3.66. The second kappa shape index (κ2) is 15.6. The van der Waals surface area contributed by atoms with Crippen LogP contribution in [0.1, 0.15) is 93.5 Å². The van der Waals surface area contributed by atoms with Gasteiger partial charge in [-0.25, -0.2) is 4.98 Å². The maximum Gasteiger partial charge on any atom is 0.272 e. The van der Waals surface area contributed by atoms with Crippen LogP contribution < -0.4 is 15.0 Å². The number of thiophene rings is 1. The van der Waals surface area contributed by atoms with Gasteiger partial charge in [-0.15, -0.1) is 31.7 Å². The highest BCUT2D eigenvalue weighted by Crippen LogP contribution is 2.36. The number of rotatable bonds is 6. The monoisotopic (exact) mass is 770 g/mol. The molecule has 3 aliphatic rings. The number of carbonyl (C=O) groups excluding carboxylic acids is 1. The topological polar surface area (TPSA) is 147 Å². The SMILES string of the molecule is Cc1sc2c(c1C)C(c1ccc(C#CC3CCN(c4ccc(C(=O)N[C@H]5CC[C@H](Oc6ccc(C#N)c(Cl)c6)CC5)nn4)CC3)nc1)=NCc1nnc(C)n1-2. The van der Waals surface area contributed by atoms with Gasteiger partial charge in [0.25, 0.3) is 5.91 Å². The molecule has 5 aromatic rings. The van der Waals surface area contributed by atoms with Crippen molar-refractivity contribution >= 4 is 40.4 Å². The first-order valence-electron chi connectivity index (χ1n) is 18.5. The largest absolute Gasteiger partial charge is 0.490 e. The van der Waals surface area contributed by atoms with E-state index >= 15 is 0 Å². The molecule has 0 bridgehead atoms. The summed E-state index contributed by atoms with van der Waals surface area (Å²) in [5, 5.41) is 31.0. The van der Waals surface area contributed by atoms with Crippen molar-refractivity contribution in [3.05, 3.63) is 104 Å². The molecule has 0 radical (unpaired) electrons. The number of fused-ring (bicyclic) bond motifs is 3. The number of nitrogens with zero attached hydrogens (tertiary/aromatic N) is 9. The number of benzene rings is 1. The van der Waals surface area contributed by atoms with Crippen molar-refractivity contribution in [1.29, 1.82) is 5.26 Å². The predicted octanol–water partition coefficient (Wildman–Crippen LogP) is 6.70. The zero-order valence-electron chi connectivity index (χ0n) is 30.8. The molecule has 14 heteroatoms. The van der Waals surface area contributed by atoms with E-state index in [0.29, 0.717) is 28.6 Å². The van der Waals surface area contributed by atoms with E-state index in [4.69, 9.17) is 31.6 Å². The van der Waals surface area contributed by atoms with Crippen LogP contribution in [0, 0.1) is 49.9 Å². The summed E-state index contributed by atoms with van der Waals surface area (Å²) >= 11 is 7.89. The third-order valence-corrected chi connectivity index (χ3v) is 12.1. The molecule has 2 aliphatic heterocycles. The van der Waals surface area contributed by atoms with Gasteiger partial charge in [0.15, 0.2) is 17.3 Å². The number of aliphatic imine (C=N–C) groups is 1. The normalized spacial score (nSPS) is 18.2. The molecule has 0 unspecified atom stereocenters. The Labute approximate surface area is 328 Å². The Hall–Kier alpha value is -5.63. The first-order chi connectivity index (χ1) is 26.7. The Morgan fingerprint density at radius 1 is 0.982 bits per heavy atom. The van der Waals surface area contributed by atoms with Gasteiger partial charge in [-0.1, -0.05) is 17.5 Å². The number of aryl methyl sites for hydroxylation is 2. The van der Waals surface area contributed by atoms with Crippen LogP contribution in [0.2, 0.25) is 5.02 Å². The van der Waals surface area contributed by atoms with E-state index in [-0.39, 0.29) is 24.0 Å². The fourth-order valence-corrected chi connectivity index (χ4v) is 8.81. The van der Waals surface area contributed by atoms with Gasteiger partial charge in [0.05, 0.1) is 22.4 Å². The molecule has 1 N–H and O–H groups in total. The summed E-state index contributed by atoms with van der Waals surface area (Å²) < 4.78 is 8.21. The van der Waals surface area contributed by atoms with E-state index < -0.39 is 0 Å². The van der Waals surface area contributed by atoms with E-state index in [9.17, 15) is 4.79 Å². The lowest BCUT2D eigenvalue weighted by Gasteiger charge is -2.30. The summed E-state index contributed by atoms with van der Waals surface area (Å²) in [5.41, 5.74) is 5.69. The zero-order chi connectivity index (χ0) is 38.1. The highest BCUT2D eigenvalue weighted by molar-refractivity contribution is 7.15. The van der Waals surface area contributed by atoms with Crippen molar-refractivity contribution < 1.29 is 9.53 Å². The number of aromatic nitrogens is 6. The van der Waals surface area contributed by atoms with E-state index in [1.807, 2.05) is 25.3 Å². The highest BCUT2D eigenvalue weighted by Gasteiger charge is 2.28. The summed E-state index contributed by atoms with van der Waals surface area (Å²) in [7, 11) is 0. The number of amides is 1. The number of ether oxygens (including phenoxy) is 1. The number of anilines is 1. The molecule has 1 aliphatic carbocycles. The summed E-state index contributed by atoms with van der Waals surface area (Å²) in [6, 6.07) is 14.9. The number of hydrogen-bond donors (Lipinski definition) is 1. The van der Waals surface area contributed by atoms with Gasteiger partial charge in [0, 0.05) is 53.3 Å². The van der Waals surface area contributed by atoms with Crippen molar-refractivity contribution in [2.24, 2.45) is 10.9 Å². The molecule has 1 saturated carbocycles. The molecular formula is C41H39ClN10O2S. The molecule has 0 atom stereocenters. The lowest BCUT2D eigenvalue weighted by atomic mass is 9.93. The summed E-state index contributed by atoms with van der Waals surface area (Å²) in [5.74, 6) is 9.89. The highest BCUT2D eigenvalue weighted by atomic mass is 35.5. The molecule has 1 amide bonds. The quantitative estimate of drug-likeness (QED) is 0.186. The molecule has 6 heterocycles. The van der Waals surface area contributed by atoms with Crippen LogP contribution in [0.15, 0.2) is 53.7 Å². The molecule has 1 aromatic carbocycles. The number of hydrogen-bond acceptors (Lipinski definition) is 11. The summed E-state index contributed by atoms with van der Waals surface area (Å²) in [6.07, 6.45) is 6.90. The van der Waals surface area contributed by atoms with E-state index in [2.05, 4.69) is 73.0 Å². The Kier molecular flexibility index (Phi) is 10.3. The van der Waals surface area contributed by atoms with Crippen LogP contribution in [0.25, 0.3) is 5.00 Å². The molecule has 8 rings (SSSR count). The van der Waals surface area contributed by atoms with Gasteiger partial charge in [0.1, 0.15) is 34.9 Å². The van der Waals surface area contributed by atoms with E-state index in [1.54, 1.807) is 35.6 Å². The third kappa shape index (κ3) is 7.68. The number of pyridine rings is 1. The Morgan fingerprint density at radius 2 is 1.80 bits per heavy atom. The van der Waals surface area contributed by atoms with Crippen LogP contribution >= 0.6 is 22.9 Å². The van der Waals surface area contributed by atoms with E-state index in [0.717, 1.165) is 96.6 Å². The van der Waals surface area contributed by atoms with Gasteiger partial charge in [-0.3, -0.25) is 14.4 Å². The standard InChI is InChI=1S/C41H39ClN10O2S/c1-24-25(2)55-41-38(24)39(45-23-37-50-47-26(3)52(37)41)29-5-8-30(44-22-29)7-4-27-16-18-51(19-17-27)36-15-14-35(48-49-36)40(53)46-31-9-12-32(13-10-31)54-33-11-6-28(21-43)34(42)20-33/h5-6,8,11,14-15,20,22,27,31-32H,9-10,12-13,16-19,23H2,1-3H3,(H,46,53)/t31-,32-. The summed E-state index contributed by atoms with van der Waals surface area (Å²) in [4.78, 5) is 26.1.